The van der Waals surface area contributed by atoms with Gasteiger partial charge in [0.2, 0.25) is 0 Å². The van der Waals surface area contributed by atoms with Crippen molar-refractivity contribution in [3.8, 4) is 0 Å². The maximum atomic E-state index is 6.08. The van der Waals surface area contributed by atoms with E-state index in [4.69, 9.17) is 10.7 Å². The van der Waals surface area contributed by atoms with Crippen molar-refractivity contribution in [1.29, 1.82) is 0 Å². The van der Waals surface area contributed by atoms with Gasteiger partial charge in [-0.25, -0.2) is 4.98 Å². The second-order valence-electron chi connectivity index (χ2n) is 6.03. The highest BCUT2D eigenvalue weighted by atomic mass is 15.1. The quantitative estimate of drug-likeness (QED) is 0.596. The smallest absolute Gasteiger partial charge is 0.113 e. The summed E-state index contributed by atoms with van der Waals surface area (Å²) in [5.74, 6) is 1.95. The Kier molecular flexibility index (Phi) is 3.95. The number of anilines is 1. The summed E-state index contributed by atoms with van der Waals surface area (Å²) in [6.07, 6.45) is 9.16. The summed E-state index contributed by atoms with van der Waals surface area (Å²) in [6.45, 7) is 3.35. The molecule has 2 N–H and O–H groups in total. The van der Waals surface area contributed by atoms with Crippen molar-refractivity contribution in [1.82, 2.24) is 9.55 Å². The van der Waals surface area contributed by atoms with E-state index in [1.54, 1.807) is 0 Å². The summed E-state index contributed by atoms with van der Waals surface area (Å²) in [4.78, 5) is 4.83. The number of aryl methyl sites for hydroxylation is 1. The number of para-hydroxylation sites is 1. The van der Waals surface area contributed by atoms with Crippen LogP contribution < -0.4 is 5.73 Å². The summed E-state index contributed by atoms with van der Waals surface area (Å²) in [6, 6.07) is 6.16. The number of imidazole rings is 1. The van der Waals surface area contributed by atoms with Crippen LogP contribution in [0.15, 0.2) is 18.2 Å². The second kappa shape index (κ2) is 5.86. The number of rotatable bonds is 7. The van der Waals surface area contributed by atoms with Gasteiger partial charge in [0.1, 0.15) is 11.3 Å². The minimum absolute atomic E-state index is 0.678. The molecule has 3 heteroatoms. The average molecular weight is 271 g/mol. The first kappa shape index (κ1) is 13.5. The molecule has 0 unspecified atom stereocenters. The Morgan fingerprint density at radius 2 is 2.00 bits per heavy atom. The maximum absolute atomic E-state index is 6.08. The number of benzene rings is 1. The van der Waals surface area contributed by atoms with E-state index in [1.807, 2.05) is 12.1 Å². The van der Waals surface area contributed by atoms with E-state index in [9.17, 15) is 0 Å². The van der Waals surface area contributed by atoms with Crippen LogP contribution in [0, 0.1) is 0 Å². The molecular formula is C17H25N3. The average Bonchev–Trinajstić information content (AvgIpc) is 3.22. The van der Waals surface area contributed by atoms with Gasteiger partial charge in [0.15, 0.2) is 0 Å². The van der Waals surface area contributed by atoms with Crippen molar-refractivity contribution < 1.29 is 0 Å². The van der Waals surface area contributed by atoms with E-state index in [0.29, 0.717) is 5.92 Å². The Balaban J connectivity index is 1.80. The number of nitrogen functional groups attached to an aromatic ring is 1. The lowest BCUT2D eigenvalue weighted by Gasteiger charge is -2.08. The minimum Gasteiger partial charge on any atom is -0.397 e. The molecule has 0 atom stereocenters. The van der Waals surface area contributed by atoms with Gasteiger partial charge < -0.3 is 10.3 Å². The number of hydrogen-bond acceptors (Lipinski definition) is 2. The fourth-order valence-corrected chi connectivity index (χ4v) is 2.95. The zero-order valence-corrected chi connectivity index (χ0v) is 12.4. The molecule has 2 aromatic rings. The number of hydrogen-bond donors (Lipinski definition) is 1. The third-order valence-electron chi connectivity index (χ3n) is 4.27. The van der Waals surface area contributed by atoms with Crippen LogP contribution in [-0.2, 0) is 6.54 Å². The molecule has 0 bridgehead atoms. The number of unbranched alkanes of at least 4 members (excludes halogenated alkanes) is 4. The molecule has 3 rings (SSSR count). The van der Waals surface area contributed by atoms with Crippen molar-refractivity contribution in [2.24, 2.45) is 0 Å². The summed E-state index contributed by atoms with van der Waals surface area (Å²) in [5.41, 5.74) is 9.12. The summed E-state index contributed by atoms with van der Waals surface area (Å²) in [7, 11) is 0. The molecule has 0 amide bonds. The van der Waals surface area contributed by atoms with Gasteiger partial charge in [0, 0.05) is 12.5 Å². The lowest BCUT2D eigenvalue weighted by Crippen LogP contribution is -2.03. The Morgan fingerprint density at radius 3 is 2.75 bits per heavy atom. The zero-order chi connectivity index (χ0) is 13.9. The Hall–Kier alpha value is -1.51. The van der Waals surface area contributed by atoms with Crippen LogP contribution in [0.25, 0.3) is 11.0 Å². The molecule has 20 heavy (non-hydrogen) atoms. The molecule has 0 spiro atoms. The van der Waals surface area contributed by atoms with E-state index in [0.717, 1.165) is 17.7 Å². The molecule has 3 nitrogen and oxygen atoms in total. The molecule has 1 aromatic carbocycles. The lowest BCUT2D eigenvalue weighted by atomic mass is 10.1. The third kappa shape index (κ3) is 2.67. The highest BCUT2D eigenvalue weighted by Gasteiger charge is 2.29. The van der Waals surface area contributed by atoms with Crippen LogP contribution >= 0.6 is 0 Å². The van der Waals surface area contributed by atoms with Crippen LogP contribution in [-0.4, -0.2) is 9.55 Å². The van der Waals surface area contributed by atoms with Crippen molar-refractivity contribution in [2.75, 3.05) is 5.73 Å². The van der Waals surface area contributed by atoms with Gasteiger partial charge in [0.25, 0.3) is 0 Å². The van der Waals surface area contributed by atoms with Crippen molar-refractivity contribution in [2.45, 2.75) is 64.3 Å². The second-order valence-corrected chi connectivity index (χ2v) is 6.03. The first-order valence-corrected chi connectivity index (χ1v) is 8.06. The fraction of sp³-hybridized carbons (Fsp3) is 0.588. The number of aromatic nitrogens is 2. The van der Waals surface area contributed by atoms with Crippen LogP contribution in [0.5, 0.6) is 0 Å². The largest absolute Gasteiger partial charge is 0.397 e. The van der Waals surface area contributed by atoms with Gasteiger partial charge in [-0.3, -0.25) is 0 Å². The van der Waals surface area contributed by atoms with Gasteiger partial charge in [-0.2, -0.15) is 0 Å². The molecule has 1 aromatic heterocycles. The predicted octanol–water partition coefficient (Wildman–Crippen LogP) is 4.47. The van der Waals surface area contributed by atoms with Gasteiger partial charge in [-0.05, 0) is 31.4 Å². The van der Waals surface area contributed by atoms with E-state index >= 15 is 0 Å². The lowest BCUT2D eigenvalue weighted by molar-refractivity contribution is 0.562. The molecular weight excluding hydrogens is 246 g/mol. The van der Waals surface area contributed by atoms with Crippen LogP contribution in [0.3, 0.4) is 0 Å². The summed E-state index contributed by atoms with van der Waals surface area (Å²) in [5, 5.41) is 0. The monoisotopic (exact) mass is 271 g/mol. The molecule has 0 saturated heterocycles. The Bertz CT molecular complexity index is 581. The molecule has 1 heterocycles. The highest BCUT2D eigenvalue weighted by Crippen LogP contribution is 2.41. The molecule has 1 aliphatic carbocycles. The highest BCUT2D eigenvalue weighted by molar-refractivity contribution is 5.87. The molecule has 0 aliphatic heterocycles. The molecule has 108 valence electrons. The van der Waals surface area contributed by atoms with Gasteiger partial charge in [0.05, 0.1) is 11.2 Å². The van der Waals surface area contributed by atoms with Crippen LogP contribution in [0.2, 0.25) is 0 Å². The normalized spacial score (nSPS) is 15.1. The molecule has 1 saturated carbocycles. The van der Waals surface area contributed by atoms with E-state index in [-0.39, 0.29) is 0 Å². The number of fused-ring (bicyclic) bond motifs is 1. The SMILES string of the molecule is CCCCCCCn1c(C2CC2)nc2c(N)cccc21. The van der Waals surface area contributed by atoms with E-state index in [1.165, 1.54) is 56.3 Å². The Morgan fingerprint density at radius 1 is 1.20 bits per heavy atom. The van der Waals surface area contributed by atoms with E-state index < -0.39 is 0 Å². The van der Waals surface area contributed by atoms with Crippen LogP contribution in [0.1, 0.15) is 63.6 Å². The van der Waals surface area contributed by atoms with Crippen molar-refractivity contribution in [3.05, 3.63) is 24.0 Å². The number of nitrogens with zero attached hydrogens (tertiary/aromatic N) is 2. The van der Waals surface area contributed by atoms with Gasteiger partial charge in [-0.15, -0.1) is 0 Å². The van der Waals surface area contributed by atoms with Crippen LogP contribution in [0.4, 0.5) is 5.69 Å². The third-order valence-corrected chi connectivity index (χ3v) is 4.27. The molecule has 1 aliphatic rings. The predicted molar refractivity (Wildman–Crippen MR) is 84.9 cm³/mol. The van der Waals surface area contributed by atoms with Gasteiger partial charge >= 0.3 is 0 Å². The van der Waals surface area contributed by atoms with Crippen molar-refractivity contribution >= 4 is 16.7 Å². The van der Waals surface area contributed by atoms with Gasteiger partial charge in [-0.1, -0.05) is 38.7 Å². The first-order chi connectivity index (χ1) is 9.81. The summed E-state index contributed by atoms with van der Waals surface area (Å²) < 4.78 is 2.43. The fourth-order valence-electron chi connectivity index (χ4n) is 2.95. The van der Waals surface area contributed by atoms with Crippen molar-refractivity contribution in [3.63, 3.8) is 0 Å². The molecule has 1 fully saturated rings. The topological polar surface area (TPSA) is 43.8 Å². The zero-order valence-electron chi connectivity index (χ0n) is 12.4. The summed E-state index contributed by atoms with van der Waals surface area (Å²) >= 11 is 0. The standard InChI is InChI=1S/C17H25N3/c1-2-3-4-5-6-12-20-15-9-7-8-14(18)16(15)19-17(20)13-10-11-13/h7-9,13H,2-6,10-12,18H2,1H3. The number of nitrogens with two attached hydrogens (primary N) is 1. The first-order valence-electron chi connectivity index (χ1n) is 8.06. The maximum Gasteiger partial charge on any atom is 0.113 e. The minimum atomic E-state index is 0.678. The van der Waals surface area contributed by atoms with E-state index in [2.05, 4.69) is 17.6 Å². The Labute approximate surface area is 121 Å². The molecule has 0 radical (unpaired) electrons.